The zero-order valence-corrected chi connectivity index (χ0v) is 9.97. The molecular formula is C14H18N2O. The summed E-state index contributed by atoms with van der Waals surface area (Å²) < 4.78 is 0. The molecular weight excluding hydrogens is 212 g/mol. The molecule has 0 aliphatic heterocycles. The number of hydrogen-bond acceptors (Lipinski definition) is 3. The number of nitriles is 1. The molecule has 1 aromatic carbocycles. The first-order valence-electron chi connectivity index (χ1n) is 6.17. The highest BCUT2D eigenvalue weighted by Crippen LogP contribution is 2.26. The van der Waals surface area contributed by atoms with Gasteiger partial charge in [0.2, 0.25) is 0 Å². The summed E-state index contributed by atoms with van der Waals surface area (Å²) in [5.74, 6) is 0. The van der Waals surface area contributed by atoms with Crippen molar-refractivity contribution in [2.75, 3.05) is 13.2 Å². The van der Waals surface area contributed by atoms with E-state index in [1.807, 2.05) is 24.3 Å². The molecule has 0 unspecified atom stereocenters. The average molecular weight is 230 g/mol. The van der Waals surface area contributed by atoms with Crippen molar-refractivity contribution in [1.82, 2.24) is 4.90 Å². The minimum atomic E-state index is 0.203. The molecule has 17 heavy (non-hydrogen) atoms. The van der Waals surface area contributed by atoms with Gasteiger partial charge in [0.15, 0.2) is 0 Å². The standard InChI is InChI=1S/C14H18N2O/c15-10-12-3-1-4-13(9-12)11-16(7-8-17)14-5-2-6-14/h1,3-4,9,14,17H,2,5-8,11H2. The highest BCUT2D eigenvalue weighted by molar-refractivity contribution is 5.32. The Labute approximate surface area is 102 Å². The molecule has 1 saturated carbocycles. The van der Waals surface area contributed by atoms with Gasteiger partial charge in [0.1, 0.15) is 0 Å². The molecule has 1 fully saturated rings. The molecule has 1 N–H and O–H groups in total. The largest absolute Gasteiger partial charge is 0.395 e. The van der Waals surface area contributed by atoms with Crippen LogP contribution < -0.4 is 0 Å². The Morgan fingerprint density at radius 2 is 2.24 bits per heavy atom. The molecule has 0 spiro atoms. The van der Waals surface area contributed by atoms with Gasteiger partial charge in [0.05, 0.1) is 18.2 Å². The molecule has 0 saturated heterocycles. The zero-order valence-electron chi connectivity index (χ0n) is 9.97. The number of hydrogen-bond donors (Lipinski definition) is 1. The maximum atomic E-state index is 9.09. The molecule has 0 radical (unpaired) electrons. The summed E-state index contributed by atoms with van der Waals surface area (Å²) in [6, 6.07) is 10.5. The van der Waals surface area contributed by atoms with Gasteiger partial charge in [-0.2, -0.15) is 5.26 Å². The van der Waals surface area contributed by atoms with Crippen molar-refractivity contribution in [2.45, 2.75) is 31.8 Å². The van der Waals surface area contributed by atoms with E-state index in [0.717, 1.165) is 18.7 Å². The lowest BCUT2D eigenvalue weighted by Gasteiger charge is -2.37. The van der Waals surface area contributed by atoms with E-state index in [4.69, 9.17) is 10.4 Å². The summed E-state index contributed by atoms with van der Waals surface area (Å²) in [5, 5.41) is 18.0. The molecule has 3 nitrogen and oxygen atoms in total. The first-order valence-corrected chi connectivity index (χ1v) is 6.17. The summed E-state index contributed by atoms with van der Waals surface area (Å²) in [5.41, 5.74) is 1.87. The number of nitrogens with zero attached hydrogens (tertiary/aromatic N) is 2. The molecule has 0 amide bonds. The van der Waals surface area contributed by atoms with Gasteiger partial charge in [-0.1, -0.05) is 18.6 Å². The quantitative estimate of drug-likeness (QED) is 0.840. The third-order valence-corrected chi connectivity index (χ3v) is 3.42. The van der Waals surface area contributed by atoms with Gasteiger partial charge in [-0.05, 0) is 30.5 Å². The summed E-state index contributed by atoms with van der Waals surface area (Å²) in [6.45, 7) is 1.76. The van der Waals surface area contributed by atoms with E-state index < -0.39 is 0 Å². The highest BCUT2D eigenvalue weighted by Gasteiger charge is 2.24. The third-order valence-electron chi connectivity index (χ3n) is 3.42. The summed E-state index contributed by atoms with van der Waals surface area (Å²) in [4.78, 5) is 2.32. The van der Waals surface area contributed by atoms with Crippen LogP contribution >= 0.6 is 0 Å². The van der Waals surface area contributed by atoms with Gasteiger partial charge in [-0.25, -0.2) is 0 Å². The van der Waals surface area contributed by atoms with Crippen molar-refractivity contribution in [3.05, 3.63) is 35.4 Å². The van der Waals surface area contributed by atoms with Gasteiger partial charge in [0.25, 0.3) is 0 Å². The minimum Gasteiger partial charge on any atom is -0.395 e. The van der Waals surface area contributed by atoms with Crippen LogP contribution in [0.3, 0.4) is 0 Å². The van der Waals surface area contributed by atoms with E-state index >= 15 is 0 Å². The van der Waals surface area contributed by atoms with Gasteiger partial charge in [0, 0.05) is 19.1 Å². The van der Waals surface area contributed by atoms with Crippen LogP contribution in [-0.2, 0) is 6.54 Å². The number of aliphatic hydroxyl groups excluding tert-OH is 1. The normalized spacial score (nSPS) is 15.6. The lowest BCUT2D eigenvalue weighted by molar-refractivity contribution is 0.0945. The predicted octanol–water partition coefficient (Wildman–Crippen LogP) is 1.91. The smallest absolute Gasteiger partial charge is 0.0991 e. The van der Waals surface area contributed by atoms with Gasteiger partial charge >= 0.3 is 0 Å². The Morgan fingerprint density at radius 1 is 1.41 bits per heavy atom. The second-order valence-electron chi connectivity index (χ2n) is 4.59. The maximum absolute atomic E-state index is 9.09. The van der Waals surface area contributed by atoms with Gasteiger partial charge in [-0.15, -0.1) is 0 Å². The lowest BCUT2D eigenvalue weighted by Crippen LogP contribution is -2.41. The van der Waals surface area contributed by atoms with Crippen LogP contribution in [0, 0.1) is 11.3 Å². The van der Waals surface area contributed by atoms with E-state index in [1.165, 1.54) is 19.3 Å². The molecule has 0 aromatic heterocycles. The fraction of sp³-hybridized carbons (Fsp3) is 0.500. The van der Waals surface area contributed by atoms with Crippen molar-refractivity contribution in [2.24, 2.45) is 0 Å². The van der Waals surface area contributed by atoms with Gasteiger partial charge in [-0.3, -0.25) is 4.90 Å². The second-order valence-corrected chi connectivity index (χ2v) is 4.59. The van der Waals surface area contributed by atoms with Crippen LogP contribution in [0.15, 0.2) is 24.3 Å². The monoisotopic (exact) mass is 230 g/mol. The third kappa shape index (κ3) is 3.06. The molecule has 3 heteroatoms. The van der Waals surface area contributed by atoms with Crippen molar-refractivity contribution in [3.63, 3.8) is 0 Å². The molecule has 1 aromatic rings. The summed E-state index contributed by atoms with van der Waals surface area (Å²) in [6.07, 6.45) is 3.76. The van der Waals surface area contributed by atoms with E-state index in [2.05, 4.69) is 11.0 Å². The van der Waals surface area contributed by atoms with Crippen molar-refractivity contribution >= 4 is 0 Å². The Balaban J connectivity index is 2.03. The molecule has 90 valence electrons. The number of aliphatic hydroxyl groups is 1. The second kappa shape index (κ2) is 5.81. The van der Waals surface area contributed by atoms with E-state index in [1.54, 1.807) is 0 Å². The predicted molar refractivity (Wildman–Crippen MR) is 66.3 cm³/mol. The van der Waals surface area contributed by atoms with E-state index in [-0.39, 0.29) is 6.61 Å². The van der Waals surface area contributed by atoms with Crippen LogP contribution in [0.2, 0.25) is 0 Å². The number of benzene rings is 1. The number of rotatable bonds is 5. The molecule has 1 aliphatic carbocycles. The van der Waals surface area contributed by atoms with Crippen molar-refractivity contribution in [1.29, 1.82) is 5.26 Å². The van der Waals surface area contributed by atoms with Crippen LogP contribution in [0.25, 0.3) is 0 Å². The Morgan fingerprint density at radius 3 is 2.82 bits per heavy atom. The summed E-state index contributed by atoms with van der Waals surface area (Å²) >= 11 is 0. The molecule has 1 aliphatic rings. The van der Waals surface area contributed by atoms with Crippen molar-refractivity contribution in [3.8, 4) is 6.07 Å². The van der Waals surface area contributed by atoms with Crippen LogP contribution in [0.5, 0.6) is 0 Å². The average Bonchev–Trinajstić information content (AvgIpc) is 2.27. The van der Waals surface area contributed by atoms with Crippen molar-refractivity contribution < 1.29 is 5.11 Å². The highest BCUT2D eigenvalue weighted by atomic mass is 16.3. The first kappa shape index (κ1) is 12.1. The first-order chi connectivity index (χ1) is 8.33. The Kier molecular flexibility index (Phi) is 4.13. The zero-order chi connectivity index (χ0) is 12.1. The molecule has 0 atom stereocenters. The van der Waals surface area contributed by atoms with Crippen LogP contribution in [0.4, 0.5) is 0 Å². The van der Waals surface area contributed by atoms with E-state index in [9.17, 15) is 0 Å². The Hall–Kier alpha value is -1.37. The summed E-state index contributed by atoms with van der Waals surface area (Å²) in [7, 11) is 0. The lowest BCUT2D eigenvalue weighted by atomic mass is 9.91. The fourth-order valence-corrected chi connectivity index (χ4v) is 2.24. The molecule has 0 bridgehead atoms. The van der Waals surface area contributed by atoms with Gasteiger partial charge < -0.3 is 5.11 Å². The molecule has 2 rings (SSSR count). The van der Waals surface area contributed by atoms with Crippen LogP contribution in [0.1, 0.15) is 30.4 Å². The minimum absolute atomic E-state index is 0.203. The SMILES string of the molecule is N#Cc1cccc(CN(CCO)C2CCC2)c1. The topological polar surface area (TPSA) is 47.3 Å². The van der Waals surface area contributed by atoms with E-state index in [0.29, 0.717) is 11.6 Å². The van der Waals surface area contributed by atoms with Crippen LogP contribution in [-0.4, -0.2) is 29.2 Å². The fourth-order valence-electron chi connectivity index (χ4n) is 2.24. The Bertz CT molecular complexity index is 407. The maximum Gasteiger partial charge on any atom is 0.0991 e. The molecule has 0 heterocycles.